The van der Waals surface area contributed by atoms with Gasteiger partial charge in [-0.1, -0.05) is 19.9 Å². The molecule has 19 heavy (non-hydrogen) atoms. The third-order valence-electron chi connectivity index (χ3n) is 3.02. The summed E-state index contributed by atoms with van der Waals surface area (Å²) in [6, 6.07) is 7.62. The van der Waals surface area contributed by atoms with Crippen LogP contribution in [0.15, 0.2) is 28.7 Å². The van der Waals surface area contributed by atoms with E-state index in [1.54, 1.807) is 0 Å². The lowest BCUT2D eigenvalue weighted by Gasteiger charge is -2.07. The van der Waals surface area contributed by atoms with E-state index in [9.17, 15) is 4.39 Å². The normalized spacial score (nSPS) is 11.3. The maximum absolute atomic E-state index is 14.0. The smallest absolute Gasteiger partial charge is 0.137 e. The monoisotopic (exact) mass is 261 g/mol. The topological polar surface area (TPSA) is 25.2 Å². The molecule has 0 saturated heterocycles. The molecule has 0 saturated carbocycles. The van der Waals surface area contributed by atoms with Gasteiger partial charge >= 0.3 is 0 Å². The zero-order valence-corrected chi connectivity index (χ0v) is 11.9. The number of furan rings is 1. The van der Waals surface area contributed by atoms with E-state index in [1.807, 2.05) is 32.0 Å². The van der Waals surface area contributed by atoms with Crippen LogP contribution in [0.4, 0.5) is 4.39 Å². The third-order valence-corrected chi connectivity index (χ3v) is 3.02. The lowest BCUT2D eigenvalue weighted by atomic mass is 10.0. The third kappa shape index (κ3) is 3.24. The van der Waals surface area contributed by atoms with Crippen molar-refractivity contribution in [3.05, 3.63) is 47.0 Å². The summed E-state index contributed by atoms with van der Waals surface area (Å²) >= 11 is 0. The van der Waals surface area contributed by atoms with Crippen LogP contribution in [0.25, 0.3) is 11.3 Å². The summed E-state index contributed by atoms with van der Waals surface area (Å²) in [6.45, 7) is 8.60. The van der Waals surface area contributed by atoms with Gasteiger partial charge < -0.3 is 9.73 Å². The van der Waals surface area contributed by atoms with E-state index in [0.717, 1.165) is 16.9 Å². The number of nitrogens with one attached hydrogen (secondary N) is 1. The van der Waals surface area contributed by atoms with Crippen molar-refractivity contribution in [1.82, 2.24) is 5.32 Å². The summed E-state index contributed by atoms with van der Waals surface area (Å²) in [5.41, 5.74) is 2.38. The van der Waals surface area contributed by atoms with Crippen LogP contribution in [0.3, 0.4) is 0 Å². The molecule has 0 bridgehead atoms. The molecule has 1 aromatic carbocycles. The van der Waals surface area contributed by atoms with Crippen LogP contribution < -0.4 is 5.32 Å². The molecule has 0 aliphatic rings. The highest BCUT2D eigenvalue weighted by Gasteiger charge is 2.13. The molecular weight excluding hydrogens is 241 g/mol. The predicted octanol–water partition coefficient (Wildman–Crippen LogP) is 4.20. The van der Waals surface area contributed by atoms with Gasteiger partial charge in [-0.05, 0) is 43.2 Å². The maximum Gasteiger partial charge on any atom is 0.137 e. The zero-order chi connectivity index (χ0) is 14.0. The molecule has 1 heterocycles. The summed E-state index contributed by atoms with van der Waals surface area (Å²) < 4.78 is 19.8. The Balaban J connectivity index is 2.28. The number of rotatable bonds is 4. The second-order valence-electron chi connectivity index (χ2n) is 5.24. The van der Waals surface area contributed by atoms with E-state index in [0.29, 0.717) is 23.9 Å². The van der Waals surface area contributed by atoms with E-state index in [2.05, 4.69) is 19.2 Å². The first kappa shape index (κ1) is 13.8. The molecule has 0 amide bonds. The predicted molar refractivity (Wildman–Crippen MR) is 75.6 cm³/mol. The molecule has 1 N–H and O–H groups in total. The van der Waals surface area contributed by atoms with E-state index >= 15 is 0 Å². The number of benzene rings is 1. The van der Waals surface area contributed by atoms with Gasteiger partial charge in [0.05, 0.1) is 12.1 Å². The van der Waals surface area contributed by atoms with Crippen molar-refractivity contribution in [2.75, 3.05) is 0 Å². The molecule has 0 atom stereocenters. The second-order valence-corrected chi connectivity index (χ2v) is 5.24. The van der Waals surface area contributed by atoms with E-state index in [4.69, 9.17) is 4.42 Å². The van der Waals surface area contributed by atoms with E-state index < -0.39 is 0 Å². The Morgan fingerprint density at radius 1 is 1.21 bits per heavy atom. The van der Waals surface area contributed by atoms with Crippen LogP contribution in [0, 0.1) is 19.7 Å². The molecule has 0 aliphatic heterocycles. The molecule has 0 spiro atoms. The first-order chi connectivity index (χ1) is 8.97. The molecule has 102 valence electrons. The van der Waals surface area contributed by atoms with Gasteiger partial charge in [-0.3, -0.25) is 0 Å². The fourth-order valence-corrected chi connectivity index (χ4v) is 2.14. The van der Waals surface area contributed by atoms with Gasteiger partial charge in [0.25, 0.3) is 0 Å². The lowest BCUT2D eigenvalue weighted by molar-refractivity contribution is 0.471. The Morgan fingerprint density at radius 2 is 1.95 bits per heavy atom. The number of aryl methyl sites for hydroxylation is 2. The van der Waals surface area contributed by atoms with Gasteiger partial charge in [0.15, 0.2) is 0 Å². The van der Waals surface area contributed by atoms with Crippen LogP contribution in [-0.4, -0.2) is 6.04 Å². The van der Waals surface area contributed by atoms with Crippen LogP contribution >= 0.6 is 0 Å². The van der Waals surface area contributed by atoms with Gasteiger partial charge in [-0.25, -0.2) is 4.39 Å². The lowest BCUT2D eigenvalue weighted by Crippen LogP contribution is -2.21. The summed E-state index contributed by atoms with van der Waals surface area (Å²) in [5, 5.41) is 3.28. The molecule has 3 heteroatoms. The Kier molecular flexibility index (Phi) is 4.05. The summed E-state index contributed by atoms with van der Waals surface area (Å²) in [7, 11) is 0. The van der Waals surface area contributed by atoms with Crippen LogP contribution in [0.2, 0.25) is 0 Å². The second kappa shape index (κ2) is 5.57. The fourth-order valence-electron chi connectivity index (χ4n) is 2.14. The summed E-state index contributed by atoms with van der Waals surface area (Å²) in [5.74, 6) is 1.19. The molecule has 2 nitrogen and oxygen atoms in total. The van der Waals surface area contributed by atoms with E-state index in [1.165, 1.54) is 6.07 Å². The quantitative estimate of drug-likeness (QED) is 0.892. The van der Waals surface area contributed by atoms with Crippen molar-refractivity contribution >= 4 is 0 Å². The molecule has 2 rings (SSSR count). The fraction of sp³-hybridized carbons (Fsp3) is 0.375. The Hall–Kier alpha value is -1.61. The average Bonchev–Trinajstić information content (AvgIpc) is 2.73. The number of halogens is 1. The molecular formula is C16H20FNO. The Labute approximate surface area is 113 Å². The molecule has 2 aromatic rings. The minimum absolute atomic E-state index is 0.227. The van der Waals surface area contributed by atoms with Crippen molar-refractivity contribution in [2.24, 2.45) is 0 Å². The SMILES string of the molecule is Cc1cc(C)c(-c2ccc(CNC(C)C)o2)c(F)c1. The molecule has 1 aromatic heterocycles. The van der Waals surface area contributed by atoms with Gasteiger partial charge in [0, 0.05) is 6.04 Å². The standard InChI is InChI=1S/C16H20FNO/c1-10(2)18-9-13-5-6-15(19-13)16-12(4)7-11(3)8-14(16)17/h5-8,10,18H,9H2,1-4H3. The highest BCUT2D eigenvalue weighted by molar-refractivity contribution is 5.63. The zero-order valence-electron chi connectivity index (χ0n) is 11.9. The van der Waals surface area contributed by atoms with Crippen molar-refractivity contribution in [2.45, 2.75) is 40.3 Å². The molecule has 0 fully saturated rings. The van der Waals surface area contributed by atoms with Crippen LogP contribution in [0.1, 0.15) is 30.7 Å². The van der Waals surface area contributed by atoms with E-state index in [-0.39, 0.29) is 5.82 Å². The Morgan fingerprint density at radius 3 is 2.58 bits per heavy atom. The largest absolute Gasteiger partial charge is 0.460 e. The first-order valence-electron chi connectivity index (χ1n) is 6.56. The average molecular weight is 261 g/mol. The number of hydrogen-bond acceptors (Lipinski definition) is 2. The van der Waals surface area contributed by atoms with Crippen LogP contribution in [0.5, 0.6) is 0 Å². The van der Waals surface area contributed by atoms with Crippen LogP contribution in [-0.2, 0) is 6.54 Å². The van der Waals surface area contributed by atoms with Gasteiger partial charge in [0.2, 0.25) is 0 Å². The molecule has 0 unspecified atom stereocenters. The van der Waals surface area contributed by atoms with Crippen molar-refractivity contribution in [1.29, 1.82) is 0 Å². The highest BCUT2D eigenvalue weighted by Crippen LogP contribution is 2.29. The summed E-state index contributed by atoms with van der Waals surface area (Å²) in [6.07, 6.45) is 0. The van der Waals surface area contributed by atoms with Gasteiger partial charge in [0.1, 0.15) is 17.3 Å². The minimum atomic E-state index is -0.227. The summed E-state index contributed by atoms with van der Waals surface area (Å²) in [4.78, 5) is 0. The minimum Gasteiger partial charge on any atom is -0.460 e. The highest BCUT2D eigenvalue weighted by atomic mass is 19.1. The van der Waals surface area contributed by atoms with Crippen molar-refractivity contribution in [3.63, 3.8) is 0 Å². The van der Waals surface area contributed by atoms with Gasteiger partial charge in [-0.15, -0.1) is 0 Å². The van der Waals surface area contributed by atoms with Crippen molar-refractivity contribution < 1.29 is 8.81 Å². The van der Waals surface area contributed by atoms with Crippen molar-refractivity contribution in [3.8, 4) is 11.3 Å². The van der Waals surface area contributed by atoms with Gasteiger partial charge in [-0.2, -0.15) is 0 Å². The number of hydrogen-bond donors (Lipinski definition) is 1. The Bertz CT molecular complexity index is 549. The maximum atomic E-state index is 14.0. The molecule has 0 aliphatic carbocycles. The first-order valence-corrected chi connectivity index (χ1v) is 6.56. The molecule has 0 radical (unpaired) electrons.